The van der Waals surface area contributed by atoms with Gasteiger partial charge in [-0.05, 0) is 42.4 Å². The molecule has 146 valence electrons. The molecule has 0 saturated heterocycles. The van der Waals surface area contributed by atoms with Gasteiger partial charge >= 0.3 is 5.97 Å². The van der Waals surface area contributed by atoms with Gasteiger partial charge in [-0.2, -0.15) is 0 Å². The van der Waals surface area contributed by atoms with Crippen molar-refractivity contribution in [1.29, 1.82) is 0 Å². The third kappa shape index (κ3) is 6.33. The minimum atomic E-state index is -0.752. The van der Waals surface area contributed by atoms with Crippen LogP contribution in [0, 0.1) is 11.3 Å². The maximum atomic E-state index is 12.5. The average Bonchev–Trinajstić information content (AvgIpc) is 2.58. The monoisotopic (exact) mass is 364 g/mol. The first-order chi connectivity index (χ1) is 12.1. The van der Waals surface area contributed by atoms with Gasteiger partial charge in [0.05, 0.1) is 19.8 Å². The molecule has 1 rings (SSSR count). The van der Waals surface area contributed by atoms with E-state index < -0.39 is 23.5 Å². The Bertz CT molecular complexity index is 593. The van der Waals surface area contributed by atoms with Gasteiger partial charge in [-0.3, -0.25) is 4.79 Å². The third-order valence-corrected chi connectivity index (χ3v) is 4.34. The van der Waals surface area contributed by atoms with Crippen LogP contribution in [0.25, 0.3) is 0 Å². The standard InChI is InChI=1S/C20H32N2O4/c1-7-26-19(24)16(22-18(23)17(21)20(3,4)5)13(2)12-14-8-10-15(25-6)11-9-14/h8-11,13,16-17H,7,12,21H2,1-6H3,(H,22,23)/t13-,16-,17+/m0/s1. The Morgan fingerprint density at radius 1 is 1.19 bits per heavy atom. The van der Waals surface area contributed by atoms with Crippen LogP contribution in [0.5, 0.6) is 5.75 Å². The van der Waals surface area contributed by atoms with E-state index in [2.05, 4.69) is 5.32 Å². The Labute approximate surface area is 156 Å². The van der Waals surface area contributed by atoms with Crippen LogP contribution in [0.1, 0.15) is 40.2 Å². The van der Waals surface area contributed by atoms with E-state index in [4.69, 9.17) is 15.2 Å². The summed E-state index contributed by atoms with van der Waals surface area (Å²) in [6.07, 6.45) is 0.610. The Morgan fingerprint density at radius 2 is 1.77 bits per heavy atom. The van der Waals surface area contributed by atoms with Gasteiger partial charge in [0.25, 0.3) is 0 Å². The van der Waals surface area contributed by atoms with Crippen LogP contribution in [0.3, 0.4) is 0 Å². The highest BCUT2D eigenvalue weighted by molar-refractivity contribution is 5.88. The van der Waals surface area contributed by atoms with Gasteiger partial charge in [0.15, 0.2) is 0 Å². The molecule has 3 atom stereocenters. The number of benzene rings is 1. The molecule has 0 unspecified atom stereocenters. The summed E-state index contributed by atoms with van der Waals surface area (Å²) in [6.45, 7) is 9.57. The largest absolute Gasteiger partial charge is 0.497 e. The Kier molecular flexibility index (Phi) is 8.08. The molecule has 6 heteroatoms. The third-order valence-electron chi connectivity index (χ3n) is 4.34. The number of carbonyl (C=O) groups excluding carboxylic acids is 2. The maximum absolute atomic E-state index is 12.5. The zero-order valence-corrected chi connectivity index (χ0v) is 16.7. The summed E-state index contributed by atoms with van der Waals surface area (Å²) >= 11 is 0. The first kappa shape index (κ1) is 22.0. The molecule has 26 heavy (non-hydrogen) atoms. The number of hydrogen-bond acceptors (Lipinski definition) is 5. The second-order valence-electron chi connectivity index (χ2n) is 7.61. The predicted molar refractivity (Wildman–Crippen MR) is 102 cm³/mol. The molecule has 0 bridgehead atoms. The molecule has 1 aromatic carbocycles. The van der Waals surface area contributed by atoms with Crippen molar-refractivity contribution in [2.75, 3.05) is 13.7 Å². The van der Waals surface area contributed by atoms with Crippen LogP contribution in [-0.2, 0) is 20.7 Å². The molecule has 0 aliphatic rings. The van der Waals surface area contributed by atoms with Gasteiger partial charge in [-0.25, -0.2) is 4.79 Å². The number of carbonyl (C=O) groups is 2. The summed E-state index contributed by atoms with van der Waals surface area (Å²) in [4.78, 5) is 24.9. The lowest BCUT2D eigenvalue weighted by Crippen LogP contribution is -2.55. The fraction of sp³-hybridized carbons (Fsp3) is 0.600. The molecule has 0 heterocycles. The van der Waals surface area contributed by atoms with Gasteiger partial charge in [0, 0.05) is 0 Å². The Hall–Kier alpha value is -2.08. The fourth-order valence-electron chi connectivity index (χ4n) is 2.55. The van der Waals surface area contributed by atoms with E-state index in [1.165, 1.54) is 0 Å². The lowest BCUT2D eigenvalue weighted by atomic mass is 9.86. The van der Waals surface area contributed by atoms with E-state index in [0.717, 1.165) is 11.3 Å². The lowest BCUT2D eigenvalue weighted by Gasteiger charge is -2.29. The normalized spacial score (nSPS) is 14.9. The van der Waals surface area contributed by atoms with Crippen molar-refractivity contribution in [3.63, 3.8) is 0 Å². The number of nitrogens with two attached hydrogens (primary N) is 1. The van der Waals surface area contributed by atoms with E-state index in [0.29, 0.717) is 6.42 Å². The van der Waals surface area contributed by atoms with E-state index in [-0.39, 0.29) is 18.4 Å². The highest BCUT2D eigenvalue weighted by Crippen LogP contribution is 2.20. The van der Waals surface area contributed by atoms with Crippen LogP contribution in [-0.4, -0.2) is 37.7 Å². The number of hydrogen-bond donors (Lipinski definition) is 2. The van der Waals surface area contributed by atoms with E-state index in [1.54, 1.807) is 14.0 Å². The number of esters is 1. The number of rotatable bonds is 8. The zero-order chi connectivity index (χ0) is 19.9. The highest BCUT2D eigenvalue weighted by Gasteiger charge is 2.33. The molecule has 0 spiro atoms. The summed E-state index contributed by atoms with van der Waals surface area (Å²) in [5.74, 6) is -0.175. The Morgan fingerprint density at radius 3 is 2.23 bits per heavy atom. The predicted octanol–water partition coefficient (Wildman–Crippen LogP) is 2.30. The summed E-state index contributed by atoms with van der Waals surface area (Å²) in [7, 11) is 1.61. The van der Waals surface area contributed by atoms with Gasteiger partial charge in [-0.15, -0.1) is 0 Å². The number of amides is 1. The molecular formula is C20H32N2O4. The van der Waals surface area contributed by atoms with E-state index in [9.17, 15) is 9.59 Å². The molecule has 0 fully saturated rings. The average molecular weight is 364 g/mol. The van der Waals surface area contributed by atoms with Crippen molar-refractivity contribution >= 4 is 11.9 Å². The van der Waals surface area contributed by atoms with E-state index in [1.807, 2.05) is 52.0 Å². The zero-order valence-electron chi connectivity index (χ0n) is 16.7. The van der Waals surface area contributed by atoms with Crippen molar-refractivity contribution < 1.29 is 19.1 Å². The van der Waals surface area contributed by atoms with Crippen LogP contribution in [0.4, 0.5) is 0 Å². The first-order valence-corrected chi connectivity index (χ1v) is 8.95. The molecule has 0 radical (unpaired) electrons. The second-order valence-corrected chi connectivity index (χ2v) is 7.61. The van der Waals surface area contributed by atoms with Gasteiger partial charge in [0.2, 0.25) is 5.91 Å². The molecular weight excluding hydrogens is 332 g/mol. The second kappa shape index (κ2) is 9.57. The van der Waals surface area contributed by atoms with Crippen molar-refractivity contribution in [2.24, 2.45) is 17.1 Å². The minimum Gasteiger partial charge on any atom is -0.497 e. The van der Waals surface area contributed by atoms with Crippen molar-refractivity contribution in [1.82, 2.24) is 5.32 Å². The van der Waals surface area contributed by atoms with Crippen LogP contribution in [0.2, 0.25) is 0 Å². The number of methoxy groups -OCH3 is 1. The van der Waals surface area contributed by atoms with Crippen LogP contribution in [0.15, 0.2) is 24.3 Å². The minimum absolute atomic E-state index is 0.154. The van der Waals surface area contributed by atoms with Crippen molar-refractivity contribution in [3.05, 3.63) is 29.8 Å². The van der Waals surface area contributed by atoms with Crippen molar-refractivity contribution in [3.8, 4) is 5.75 Å². The molecule has 1 aromatic rings. The summed E-state index contributed by atoms with van der Waals surface area (Å²) < 4.78 is 10.3. The number of nitrogens with one attached hydrogen (secondary N) is 1. The SMILES string of the molecule is CCOC(=O)[C@@H](NC(=O)[C@@H](N)C(C)(C)C)[C@@H](C)Cc1ccc(OC)cc1. The van der Waals surface area contributed by atoms with Crippen LogP contribution < -0.4 is 15.8 Å². The summed E-state index contributed by atoms with van der Waals surface area (Å²) in [6, 6.07) is 6.16. The number of ether oxygens (including phenoxy) is 2. The van der Waals surface area contributed by atoms with Gasteiger partial charge < -0.3 is 20.5 Å². The smallest absolute Gasteiger partial charge is 0.328 e. The Balaban J connectivity index is 2.90. The first-order valence-electron chi connectivity index (χ1n) is 8.95. The quantitative estimate of drug-likeness (QED) is 0.691. The molecule has 0 saturated carbocycles. The summed E-state index contributed by atoms with van der Waals surface area (Å²) in [5, 5.41) is 2.79. The topological polar surface area (TPSA) is 90.7 Å². The molecule has 0 aliphatic heterocycles. The maximum Gasteiger partial charge on any atom is 0.328 e. The molecule has 0 aliphatic carbocycles. The molecule has 3 N–H and O–H groups in total. The van der Waals surface area contributed by atoms with Gasteiger partial charge in [-0.1, -0.05) is 39.8 Å². The van der Waals surface area contributed by atoms with Gasteiger partial charge in [0.1, 0.15) is 11.8 Å². The summed E-state index contributed by atoms with van der Waals surface area (Å²) in [5.41, 5.74) is 6.67. The molecule has 0 aromatic heterocycles. The lowest BCUT2D eigenvalue weighted by molar-refractivity contribution is -0.149. The van der Waals surface area contributed by atoms with Crippen molar-refractivity contribution in [2.45, 2.75) is 53.1 Å². The van der Waals surface area contributed by atoms with Crippen LogP contribution >= 0.6 is 0 Å². The molecule has 1 amide bonds. The highest BCUT2D eigenvalue weighted by atomic mass is 16.5. The fourth-order valence-corrected chi connectivity index (χ4v) is 2.55. The molecule has 6 nitrogen and oxygen atoms in total. The van der Waals surface area contributed by atoms with E-state index >= 15 is 0 Å².